The van der Waals surface area contributed by atoms with E-state index >= 15 is 0 Å². The lowest BCUT2D eigenvalue weighted by Crippen LogP contribution is -2.30. The van der Waals surface area contributed by atoms with Crippen LogP contribution < -0.4 is 4.90 Å². The Morgan fingerprint density at radius 1 is 1.03 bits per heavy atom. The van der Waals surface area contributed by atoms with Crippen LogP contribution in [0.25, 0.3) is 0 Å². The van der Waals surface area contributed by atoms with Gasteiger partial charge in [-0.05, 0) is 49.7 Å². The lowest BCUT2D eigenvalue weighted by molar-refractivity contribution is -0.142. The van der Waals surface area contributed by atoms with E-state index in [1.54, 1.807) is 24.3 Å². The zero-order valence-corrected chi connectivity index (χ0v) is 16.6. The summed E-state index contributed by atoms with van der Waals surface area (Å²) in [7, 11) is 0. The average Bonchev–Trinajstić information content (AvgIpc) is 2.74. The maximum Gasteiger partial charge on any atom is 0.419 e. The second kappa shape index (κ2) is 10.7. The number of hydrogen-bond donors (Lipinski definition) is 1. The van der Waals surface area contributed by atoms with Gasteiger partial charge in [0.25, 0.3) is 0 Å². The maximum absolute atomic E-state index is 13.7. The molecule has 1 N–H and O–H groups in total. The van der Waals surface area contributed by atoms with Crippen LogP contribution in [0.4, 0.5) is 20.6 Å². The summed E-state index contributed by atoms with van der Waals surface area (Å²) in [6.45, 7) is 0.433. The third-order valence-electron chi connectivity index (χ3n) is 5.13. The summed E-state index contributed by atoms with van der Waals surface area (Å²) in [5.74, 6) is -0.944. The van der Waals surface area contributed by atoms with Gasteiger partial charge in [-0.25, -0.2) is 18.9 Å². The molecule has 1 aromatic carbocycles. The molecule has 1 amide bonds. The number of benzene rings is 1. The van der Waals surface area contributed by atoms with Gasteiger partial charge in [-0.15, -0.1) is 0 Å². The van der Waals surface area contributed by atoms with Crippen LogP contribution in [0.2, 0.25) is 0 Å². The molecule has 0 aliphatic heterocycles. The van der Waals surface area contributed by atoms with Crippen LogP contribution in [0.15, 0.2) is 48.8 Å². The minimum absolute atomic E-state index is 0.230. The molecule has 8 heteroatoms. The first-order chi connectivity index (χ1) is 14.5. The number of rotatable bonds is 8. The number of halogens is 1. The van der Waals surface area contributed by atoms with Gasteiger partial charge in [-0.3, -0.25) is 4.98 Å². The average molecular weight is 416 g/mol. The molecule has 0 spiro atoms. The lowest BCUT2D eigenvalue weighted by Gasteiger charge is -2.29. The van der Waals surface area contributed by atoms with Crippen molar-refractivity contribution in [3.63, 3.8) is 0 Å². The van der Waals surface area contributed by atoms with Crippen LogP contribution in [-0.2, 0) is 14.3 Å². The van der Waals surface area contributed by atoms with Gasteiger partial charge in [0.15, 0.2) is 0 Å². The van der Waals surface area contributed by atoms with Gasteiger partial charge < -0.3 is 14.6 Å². The molecule has 1 fully saturated rings. The van der Waals surface area contributed by atoms with Gasteiger partial charge in [0.1, 0.15) is 12.4 Å². The Kier molecular flexibility index (Phi) is 7.73. The van der Waals surface area contributed by atoms with Crippen LogP contribution in [0.3, 0.4) is 0 Å². The molecule has 2 aromatic rings. The number of nitrogens with zero attached hydrogens (tertiary/aromatic N) is 2. The van der Waals surface area contributed by atoms with Crippen molar-refractivity contribution in [2.24, 2.45) is 11.8 Å². The summed E-state index contributed by atoms with van der Waals surface area (Å²) in [6.07, 6.45) is 5.47. The quantitative estimate of drug-likeness (QED) is 0.686. The predicted octanol–water partition coefficient (Wildman–Crippen LogP) is 4.40. The van der Waals surface area contributed by atoms with Crippen LogP contribution in [0.5, 0.6) is 0 Å². The van der Waals surface area contributed by atoms with E-state index in [2.05, 4.69) is 4.98 Å². The molecule has 30 heavy (non-hydrogen) atoms. The number of hydrogen-bond acceptors (Lipinski definition) is 5. The Labute approximate surface area is 174 Å². The van der Waals surface area contributed by atoms with Crippen LogP contribution in [0.1, 0.15) is 25.7 Å². The zero-order valence-electron chi connectivity index (χ0n) is 16.6. The molecule has 160 valence electrons. The van der Waals surface area contributed by atoms with Crippen molar-refractivity contribution in [3.05, 3.63) is 54.6 Å². The highest BCUT2D eigenvalue weighted by Gasteiger charge is 2.25. The van der Waals surface area contributed by atoms with E-state index in [-0.39, 0.29) is 19.1 Å². The monoisotopic (exact) mass is 416 g/mol. The zero-order chi connectivity index (χ0) is 21.3. The van der Waals surface area contributed by atoms with E-state index in [0.29, 0.717) is 23.9 Å². The van der Waals surface area contributed by atoms with E-state index in [9.17, 15) is 14.0 Å². The largest absolute Gasteiger partial charge is 0.480 e. The van der Waals surface area contributed by atoms with Crippen molar-refractivity contribution in [1.82, 2.24) is 4.98 Å². The molecule has 0 unspecified atom stereocenters. The Balaban J connectivity index is 1.55. The van der Waals surface area contributed by atoms with Crippen molar-refractivity contribution in [3.8, 4) is 0 Å². The summed E-state index contributed by atoms with van der Waals surface area (Å²) in [6, 6.07) is 10.1. The van der Waals surface area contributed by atoms with Crippen LogP contribution >= 0.6 is 0 Å². The number of carboxylic acids is 1. The highest BCUT2D eigenvalue weighted by atomic mass is 19.1. The Morgan fingerprint density at radius 2 is 1.70 bits per heavy atom. The summed E-state index contributed by atoms with van der Waals surface area (Å²) in [5.41, 5.74) is 0.861. The van der Waals surface area contributed by atoms with E-state index in [1.807, 2.05) is 6.07 Å². The molecule has 1 aliphatic carbocycles. The number of carboxylic acid groups (broad SMARTS) is 1. The van der Waals surface area contributed by atoms with Crippen molar-refractivity contribution >= 4 is 23.4 Å². The molecular formula is C22H25FN2O5. The van der Waals surface area contributed by atoms with E-state index in [4.69, 9.17) is 14.6 Å². The molecular weight excluding hydrogens is 391 g/mol. The molecule has 0 radical (unpaired) electrons. The smallest absolute Gasteiger partial charge is 0.419 e. The highest BCUT2D eigenvalue weighted by molar-refractivity contribution is 5.95. The second-order valence-electron chi connectivity index (χ2n) is 7.40. The van der Waals surface area contributed by atoms with Gasteiger partial charge in [-0.2, -0.15) is 0 Å². The summed E-state index contributed by atoms with van der Waals surface area (Å²) < 4.78 is 24.4. The first-order valence-corrected chi connectivity index (χ1v) is 9.95. The molecule has 1 saturated carbocycles. The van der Waals surface area contributed by atoms with E-state index in [1.165, 1.54) is 17.2 Å². The predicted molar refractivity (Wildman–Crippen MR) is 108 cm³/mol. The summed E-state index contributed by atoms with van der Waals surface area (Å²) in [4.78, 5) is 28.5. The number of aromatic nitrogens is 1. The van der Waals surface area contributed by atoms with Crippen LogP contribution in [-0.4, -0.2) is 42.0 Å². The van der Waals surface area contributed by atoms with Gasteiger partial charge in [0.05, 0.1) is 37.0 Å². The fraction of sp³-hybridized carbons (Fsp3) is 0.409. The number of carbonyl (C=O) groups excluding carboxylic acids is 1. The van der Waals surface area contributed by atoms with Gasteiger partial charge >= 0.3 is 12.1 Å². The first kappa shape index (κ1) is 21.7. The molecule has 0 atom stereocenters. The normalized spacial score (nSPS) is 18.6. The van der Waals surface area contributed by atoms with Crippen LogP contribution in [0, 0.1) is 17.7 Å². The molecule has 7 nitrogen and oxygen atoms in total. The number of para-hydroxylation sites is 1. The number of aliphatic carboxylic acids is 1. The fourth-order valence-corrected chi connectivity index (χ4v) is 3.59. The highest BCUT2D eigenvalue weighted by Crippen LogP contribution is 2.30. The third-order valence-corrected chi connectivity index (χ3v) is 5.13. The number of anilines is 2. The van der Waals surface area contributed by atoms with E-state index in [0.717, 1.165) is 31.9 Å². The van der Waals surface area contributed by atoms with Crippen molar-refractivity contribution in [2.75, 3.05) is 24.7 Å². The molecule has 1 aliphatic rings. The third kappa shape index (κ3) is 6.25. The van der Waals surface area contributed by atoms with Gasteiger partial charge in [0, 0.05) is 6.07 Å². The second-order valence-corrected chi connectivity index (χ2v) is 7.40. The minimum atomic E-state index is -0.966. The van der Waals surface area contributed by atoms with Crippen molar-refractivity contribution in [2.45, 2.75) is 25.7 Å². The van der Waals surface area contributed by atoms with Gasteiger partial charge in [0.2, 0.25) is 0 Å². The van der Waals surface area contributed by atoms with Gasteiger partial charge in [-0.1, -0.05) is 18.2 Å². The fourth-order valence-electron chi connectivity index (χ4n) is 3.59. The van der Waals surface area contributed by atoms with E-state index < -0.39 is 17.9 Å². The Hall–Kier alpha value is -3.00. The molecule has 1 heterocycles. The number of ether oxygens (including phenoxy) is 2. The maximum atomic E-state index is 13.7. The van der Waals surface area contributed by atoms with Crippen molar-refractivity contribution < 1.29 is 28.6 Å². The first-order valence-electron chi connectivity index (χ1n) is 9.95. The lowest BCUT2D eigenvalue weighted by atomic mass is 9.83. The standard InChI is InChI=1S/C22H25FN2O5/c23-18-10-20(12-24-11-18)25(19-4-2-1-3-5-19)22(28)30-14-17-8-6-16(7-9-17)13-29-15-21(26)27/h1-5,10-12,16-17H,6-9,13-15H2,(H,26,27). The number of amides is 1. The Morgan fingerprint density at radius 3 is 2.33 bits per heavy atom. The molecule has 0 saturated heterocycles. The molecule has 0 bridgehead atoms. The molecule has 3 rings (SSSR count). The topological polar surface area (TPSA) is 89.0 Å². The summed E-state index contributed by atoms with van der Waals surface area (Å²) in [5, 5.41) is 8.63. The number of pyridine rings is 1. The minimum Gasteiger partial charge on any atom is -0.480 e. The summed E-state index contributed by atoms with van der Waals surface area (Å²) >= 11 is 0. The SMILES string of the molecule is O=C(O)COCC1CCC(COC(=O)N(c2ccccc2)c2cncc(F)c2)CC1. The van der Waals surface area contributed by atoms with Crippen molar-refractivity contribution in [1.29, 1.82) is 0 Å². The Bertz CT molecular complexity index is 840. The molecule has 1 aromatic heterocycles. The number of carbonyl (C=O) groups is 2.